The maximum absolute atomic E-state index is 13.5. The van der Waals surface area contributed by atoms with Gasteiger partial charge in [-0.15, -0.1) is 0 Å². The Kier molecular flexibility index (Phi) is 5.58. The van der Waals surface area contributed by atoms with E-state index in [1.54, 1.807) is 4.90 Å². The van der Waals surface area contributed by atoms with E-state index >= 15 is 0 Å². The summed E-state index contributed by atoms with van der Waals surface area (Å²) in [6.07, 6.45) is 7.70. The van der Waals surface area contributed by atoms with Gasteiger partial charge in [-0.1, -0.05) is 62.4 Å². The molecule has 1 aromatic carbocycles. The Morgan fingerprint density at radius 3 is 2.11 bits per heavy atom. The number of imide groups is 1. The number of nitrogens with zero attached hydrogens (tertiary/aromatic N) is 2. The molecular weight excluding hydrogens is 340 g/mol. The summed E-state index contributed by atoms with van der Waals surface area (Å²) in [5, 5.41) is 0. The topological polar surface area (TPSA) is 49.9 Å². The lowest BCUT2D eigenvalue weighted by Crippen LogP contribution is -2.44. The molecule has 2 fully saturated rings. The van der Waals surface area contributed by atoms with Gasteiger partial charge in [0.2, 0.25) is 0 Å². The predicted octanol–water partition coefficient (Wildman–Crippen LogP) is 3.21. The molecule has 144 valence electrons. The molecule has 1 saturated heterocycles. The monoisotopic (exact) mass is 368 g/mol. The van der Waals surface area contributed by atoms with Crippen LogP contribution in [-0.4, -0.2) is 54.0 Å². The maximum atomic E-state index is 13.5. The molecule has 1 saturated carbocycles. The van der Waals surface area contributed by atoms with Crippen molar-refractivity contribution in [3.05, 3.63) is 41.6 Å². The van der Waals surface area contributed by atoms with Crippen LogP contribution in [0.15, 0.2) is 36.0 Å². The zero-order chi connectivity index (χ0) is 18.6. The molecule has 0 bridgehead atoms. The van der Waals surface area contributed by atoms with Crippen molar-refractivity contribution >= 4 is 17.4 Å². The van der Waals surface area contributed by atoms with Crippen LogP contribution in [0.1, 0.15) is 50.5 Å². The average molecular weight is 368 g/mol. The minimum Gasteiger partial charge on any atom is -0.378 e. The number of amides is 2. The third-order valence-electron chi connectivity index (χ3n) is 5.92. The number of ether oxygens (including phenoxy) is 1. The Morgan fingerprint density at radius 1 is 0.815 bits per heavy atom. The molecule has 0 unspecified atom stereocenters. The molecular formula is C22H28N2O3. The molecule has 0 aromatic heterocycles. The summed E-state index contributed by atoms with van der Waals surface area (Å²) in [5.74, 6) is -0.218. The molecule has 2 amide bonds. The quantitative estimate of drug-likeness (QED) is 0.769. The van der Waals surface area contributed by atoms with Crippen molar-refractivity contribution in [2.45, 2.75) is 51.0 Å². The van der Waals surface area contributed by atoms with Crippen LogP contribution < -0.4 is 0 Å². The molecule has 2 aliphatic heterocycles. The third-order valence-corrected chi connectivity index (χ3v) is 5.92. The van der Waals surface area contributed by atoms with E-state index < -0.39 is 0 Å². The molecule has 3 aliphatic rings. The number of rotatable bonds is 3. The van der Waals surface area contributed by atoms with Crippen LogP contribution in [0, 0.1) is 0 Å². The van der Waals surface area contributed by atoms with Crippen molar-refractivity contribution < 1.29 is 14.3 Å². The van der Waals surface area contributed by atoms with Crippen LogP contribution in [0.5, 0.6) is 0 Å². The summed E-state index contributed by atoms with van der Waals surface area (Å²) >= 11 is 0. The first-order chi connectivity index (χ1) is 13.3. The number of carbonyl (C=O) groups excluding carboxylic acids is 2. The molecule has 4 rings (SSSR count). The highest BCUT2D eigenvalue weighted by molar-refractivity contribution is 6.35. The molecule has 0 atom stereocenters. The average Bonchev–Trinajstić information content (AvgIpc) is 2.94. The number of morpholine rings is 1. The molecule has 1 aromatic rings. The van der Waals surface area contributed by atoms with E-state index in [0.29, 0.717) is 37.6 Å². The first-order valence-corrected chi connectivity index (χ1v) is 10.3. The summed E-state index contributed by atoms with van der Waals surface area (Å²) < 4.78 is 5.46. The van der Waals surface area contributed by atoms with Crippen LogP contribution in [0.2, 0.25) is 0 Å². The van der Waals surface area contributed by atoms with Gasteiger partial charge in [0, 0.05) is 19.1 Å². The summed E-state index contributed by atoms with van der Waals surface area (Å²) in [7, 11) is 0. The van der Waals surface area contributed by atoms with Crippen molar-refractivity contribution in [3.63, 3.8) is 0 Å². The van der Waals surface area contributed by atoms with Gasteiger partial charge in [-0.2, -0.15) is 0 Å². The van der Waals surface area contributed by atoms with Gasteiger partial charge in [0.15, 0.2) is 0 Å². The van der Waals surface area contributed by atoms with Crippen LogP contribution in [0.3, 0.4) is 0 Å². The lowest BCUT2D eigenvalue weighted by atomic mass is 9.95. The van der Waals surface area contributed by atoms with E-state index in [9.17, 15) is 9.59 Å². The fourth-order valence-corrected chi connectivity index (χ4v) is 4.50. The number of benzene rings is 1. The van der Waals surface area contributed by atoms with Crippen molar-refractivity contribution in [3.8, 4) is 0 Å². The summed E-state index contributed by atoms with van der Waals surface area (Å²) in [4.78, 5) is 30.5. The Labute approximate surface area is 161 Å². The highest BCUT2D eigenvalue weighted by atomic mass is 16.5. The SMILES string of the molecule is O=C1C(c2ccccc2)=C(N2CCOCC2)C(=O)N1C1CCCCCCC1. The van der Waals surface area contributed by atoms with Crippen LogP contribution in [-0.2, 0) is 14.3 Å². The standard InChI is InChI=1S/C22H28N2O3/c25-21-19(17-9-5-4-6-10-17)20(23-13-15-27-16-14-23)22(26)24(21)18-11-7-2-1-3-8-12-18/h4-6,9-10,18H,1-3,7-8,11-16H2. The van der Waals surface area contributed by atoms with Gasteiger partial charge in [0.05, 0.1) is 18.8 Å². The lowest BCUT2D eigenvalue weighted by Gasteiger charge is -2.31. The third kappa shape index (κ3) is 3.65. The highest BCUT2D eigenvalue weighted by Crippen LogP contribution is 2.35. The molecule has 5 nitrogen and oxygen atoms in total. The largest absolute Gasteiger partial charge is 0.378 e. The van der Waals surface area contributed by atoms with Gasteiger partial charge in [-0.05, 0) is 18.4 Å². The highest BCUT2D eigenvalue weighted by Gasteiger charge is 2.44. The van der Waals surface area contributed by atoms with Crippen molar-refractivity contribution in [1.82, 2.24) is 9.80 Å². The molecule has 0 spiro atoms. The van der Waals surface area contributed by atoms with E-state index in [0.717, 1.165) is 31.2 Å². The first-order valence-electron chi connectivity index (χ1n) is 10.3. The Bertz CT molecular complexity index is 714. The molecule has 0 N–H and O–H groups in total. The fraction of sp³-hybridized carbons (Fsp3) is 0.545. The zero-order valence-electron chi connectivity index (χ0n) is 15.9. The Balaban J connectivity index is 1.70. The number of hydrogen-bond acceptors (Lipinski definition) is 4. The number of carbonyl (C=O) groups is 2. The molecule has 5 heteroatoms. The molecule has 2 heterocycles. The second-order valence-electron chi connectivity index (χ2n) is 7.67. The predicted molar refractivity (Wildman–Crippen MR) is 104 cm³/mol. The summed E-state index contributed by atoms with van der Waals surface area (Å²) in [5.41, 5.74) is 1.99. The Hall–Kier alpha value is -2.14. The van der Waals surface area contributed by atoms with Gasteiger partial charge in [-0.3, -0.25) is 14.5 Å². The van der Waals surface area contributed by atoms with Gasteiger partial charge >= 0.3 is 0 Å². The van der Waals surface area contributed by atoms with Gasteiger partial charge in [-0.25, -0.2) is 0 Å². The number of hydrogen-bond donors (Lipinski definition) is 0. The molecule has 27 heavy (non-hydrogen) atoms. The zero-order valence-corrected chi connectivity index (χ0v) is 15.9. The van der Waals surface area contributed by atoms with Crippen molar-refractivity contribution in [2.24, 2.45) is 0 Å². The lowest BCUT2D eigenvalue weighted by molar-refractivity contribution is -0.141. The van der Waals surface area contributed by atoms with Crippen LogP contribution >= 0.6 is 0 Å². The van der Waals surface area contributed by atoms with Gasteiger partial charge in [0.25, 0.3) is 11.8 Å². The van der Waals surface area contributed by atoms with Crippen molar-refractivity contribution in [2.75, 3.05) is 26.3 Å². The molecule has 1 aliphatic carbocycles. The minimum atomic E-state index is -0.113. The second kappa shape index (κ2) is 8.26. The molecule has 0 radical (unpaired) electrons. The van der Waals surface area contributed by atoms with E-state index in [1.807, 2.05) is 30.3 Å². The van der Waals surface area contributed by atoms with Crippen LogP contribution in [0.4, 0.5) is 0 Å². The van der Waals surface area contributed by atoms with E-state index in [-0.39, 0.29) is 17.9 Å². The van der Waals surface area contributed by atoms with E-state index in [4.69, 9.17) is 4.74 Å². The second-order valence-corrected chi connectivity index (χ2v) is 7.67. The van der Waals surface area contributed by atoms with Crippen molar-refractivity contribution in [1.29, 1.82) is 0 Å². The summed E-state index contributed by atoms with van der Waals surface area (Å²) in [6.45, 7) is 2.50. The fourth-order valence-electron chi connectivity index (χ4n) is 4.50. The van der Waals surface area contributed by atoms with Crippen LogP contribution in [0.25, 0.3) is 5.57 Å². The Morgan fingerprint density at radius 2 is 1.44 bits per heavy atom. The first kappa shape index (κ1) is 18.2. The van der Waals surface area contributed by atoms with E-state index in [1.165, 1.54) is 19.3 Å². The van der Waals surface area contributed by atoms with Gasteiger partial charge < -0.3 is 9.64 Å². The van der Waals surface area contributed by atoms with E-state index in [2.05, 4.69) is 4.90 Å². The minimum absolute atomic E-state index is 0.0301. The smallest absolute Gasteiger partial charge is 0.278 e. The maximum Gasteiger partial charge on any atom is 0.278 e. The summed E-state index contributed by atoms with van der Waals surface area (Å²) in [6, 6.07) is 9.69. The normalized spacial score (nSPS) is 23.0. The van der Waals surface area contributed by atoms with Gasteiger partial charge in [0.1, 0.15) is 5.70 Å².